The summed E-state index contributed by atoms with van der Waals surface area (Å²) in [7, 11) is 0. The van der Waals surface area contributed by atoms with Gasteiger partial charge in [0.05, 0.1) is 12.1 Å². The first-order valence-corrected chi connectivity index (χ1v) is 10.7. The zero-order valence-electron chi connectivity index (χ0n) is 18.9. The van der Waals surface area contributed by atoms with Gasteiger partial charge in [0, 0.05) is 42.1 Å². The number of esters is 1. The van der Waals surface area contributed by atoms with Crippen LogP contribution < -0.4 is 10.6 Å². The van der Waals surface area contributed by atoms with Crippen LogP contribution in [0.3, 0.4) is 0 Å². The number of carbonyl (C=O) groups excluding carboxylic acids is 1. The predicted octanol–water partition coefficient (Wildman–Crippen LogP) is 4.77. The van der Waals surface area contributed by atoms with Crippen LogP contribution in [-0.4, -0.2) is 37.2 Å². The van der Waals surface area contributed by atoms with E-state index < -0.39 is 5.60 Å². The van der Waals surface area contributed by atoms with Crippen molar-refractivity contribution in [1.29, 1.82) is 5.41 Å². The Hall–Kier alpha value is -2.52. The minimum Gasteiger partial charge on any atom is -0.460 e. The highest BCUT2D eigenvalue weighted by Crippen LogP contribution is 2.27. The van der Waals surface area contributed by atoms with Crippen molar-refractivity contribution in [3.8, 4) is 11.8 Å². The average Bonchev–Trinajstić information content (AvgIpc) is 2.66. The lowest BCUT2D eigenvalue weighted by Crippen LogP contribution is -2.27. The molecule has 164 valence electrons. The Labute approximate surface area is 180 Å². The molecule has 0 spiro atoms. The van der Waals surface area contributed by atoms with Crippen LogP contribution in [0.5, 0.6) is 0 Å². The molecule has 0 amide bonds. The van der Waals surface area contributed by atoms with E-state index in [9.17, 15) is 4.79 Å². The molecule has 1 atom stereocenters. The lowest BCUT2D eigenvalue weighted by molar-refractivity contribution is -0.154. The van der Waals surface area contributed by atoms with Crippen LogP contribution in [-0.2, 0) is 14.3 Å². The van der Waals surface area contributed by atoms with Crippen LogP contribution in [0.2, 0.25) is 0 Å². The van der Waals surface area contributed by atoms with E-state index in [4.69, 9.17) is 14.9 Å². The summed E-state index contributed by atoms with van der Waals surface area (Å²) < 4.78 is 11.2. The van der Waals surface area contributed by atoms with E-state index in [1.807, 2.05) is 46.8 Å². The van der Waals surface area contributed by atoms with Crippen LogP contribution >= 0.6 is 0 Å². The third kappa shape index (κ3) is 8.08. The van der Waals surface area contributed by atoms with Crippen LogP contribution in [0.15, 0.2) is 12.1 Å². The van der Waals surface area contributed by atoms with Gasteiger partial charge >= 0.3 is 5.97 Å². The van der Waals surface area contributed by atoms with Crippen molar-refractivity contribution in [2.45, 2.75) is 72.1 Å². The molecule has 1 fully saturated rings. The molecule has 6 nitrogen and oxygen atoms in total. The molecule has 0 aliphatic carbocycles. The highest BCUT2D eigenvalue weighted by atomic mass is 16.6. The monoisotopic (exact) mass is 413 g/mol. The van der Waals surface area contributed by atoms with Crippen molar-refractivity contribution in [3.05, 3.63) is 23.3 Å². The van der Waals surface area contributed by atoms with E-state index in [2.05, 4.69) is 22.5 Å². The Balaban J connectivity index is 2.20. The number of hydrogen-bond acceptors (Lipinski definition) is 6. The van der Waals surface area contributed by atoms with Gasteiger partial charge in [-0.1, -0.05) is 25.7 Å². The molecular weight excluding hydrogens is 378 g/mol. The molecule has 1 saturated heterocycles. The van der Waals surface area contributed by atoms with Crippen LogP contribution in [0.25, 0.3) is 0 Å². The minimum atomic E-state index is -0.492. The molecule has 1 aliphatic heterocycles. The summed E-state index contributed by atoms with van der Waals surface area (Å²) in [5.41, 5.74) is 2.73. The van der Waals surface area contributed by atoms with Crippen molar-refractivity contribution in [2.24, 2.45) is 5.92 Å². The van der Waals surface area contributed by atoms with Gasteiger partial charge in [-0.25, -0.2) is 0 Å². The zero-order chi connectivity index (χ0) is 22.1. The summed E-state index contributed by atoms with van der Waals surface area (Å²) >= 11 is 0. The maximum Gasteiger partial charge on any atom is 0.308 e. The van der Waals surface area contributed by atoms with E-state index in [1.165, 1.54) is 6.21 Å². The second-order valence-corrected chi connectivity index (χ2v) is 8.82. The maximum atomic E-state index is 12.0. The highest BCUT2D eigenvalue weighted by Gasteiger charge is 2.18. The summed E-state index contributed by atoms with van der Waals surface area (Å²) in [6, 6.07) is 3.86. The fourth-order valence-electron chi connectivity index (χ4n) is 3.05. The van der Waals surface area contributed by atoms with Gasteiger partial charge in [0.2, 0.25) is 0 Å². The highest BCUT2D eigenvalue weighted by molar-refractivity contribution is 5.89. The quantitative estimate of drug-likeness (QED) is 0.341. The maximum absolute atomic E-state index is 12.0. The summed E-state index contributed by atoms with van der Waals surface area (Å²) in [4.78, 5) is 12.0. The van der Waals surface area contributed by atoms with Gasteiger partial charge < -0.3 is 25.5 Å². The van der Waals surface area contributed by atoms with Gasteiger partial charge in [0.1, 0.15) is 11.8 Å². The van der Waals surface area contributed by atoms with E-state index in [0.717, 1.165) is 48.4 Å². The van der Waals surface area contributed by atoms with E-state index in [1.54, 1.807) is 0 Å². The average molecular weight is 414 g/mol. The number of carbonyl (C=O) groups is 1. The molecule has 1 heterocycles. The molecule has 0 aromatic heterocycles. The summed E-state index contributed by atoms with van der Waals surface area (Å²) in [6.07, 6.45) is 4.67. The van der Waals surface area contributed by atoms with Gasteiger partial charge in [0.15, 0.2) is 0 Å². The minimum absolute atomic E-state index is 0.0559. The van der Waals surface area contributed by atoms with Gasteiger partial charge in [-0.05, 0) is 52.2 Å². The van der Waals surface area contributed by atoms with Crippen molar-refractivity contribution < 1.29 is 14.3 Å². The Kier molecular flexibility index (Phi) is 8.73. The Morgan fingerprint density at radius 2 is 2.10 bits per heavy atom. The molecule has 0 radical (unpaired) electrons. The molecule has 6 heteroatoms. The molecule has 3 N–H and O–H groups in total. The fraction of sp³-hybridized carbons (Fsp3) is 0.583. The predicted molar refractivity (Wildman–Crippen MR) is 122 cm³/mol. The largest absolute Gasteiger partial charge is 0.460 e. The Morgan fingerprint density at radius 3 is 2.70 bits per heavy atom. The van der Waals surface area contributed by atoms with Crippen molar-refractivity contribution in [1.82, 2.24) is 0 Å². The first-order valence-electron chi connectivity index (χ1n) is 10.7. The first kappa shape index (κ1) is 23.8. The molecule has 1 aromatic carbocycles. The van der Waals surface area contributed by atoms with Gasteiger partial charge in [0.25, 0.3) is 0 Å². The van der Waals surface area contributed by atoms with Gasteiger partial charge in [-0.2, -0.15) is 0 Å². The van der Waals surface area contributed by atoms with Crippen LogP contribution in [0.4, 0.5) is 11.4 Å². The standard InChI is InChI=1S/C24H35N3O3/c1-17(2)9-10-18-14-19(16-25)21(27-22-8-6-7-13-29-22)15-20(18)26-12-11-23(28)30-24(3,4)5/h14-17,22,25-27H,6-8,11-13H2,1-5H3. The molecule has 0 bridgehead atoms. The first-order chi connectivity index (χ1) is 14.2. The van der Waals surface area contributed by atoms with E-state index in [0.29, 0.717) is 6.54 Å². The molecule has 0 saturated carbocycles. The molecule has 1 aromatic rings. The third-order valence-corrected chi connectivity index (χ3v) is 4.40. The van der Waals surface area contributed by atoms with E-state index >= 15 is 0 Å². The van der Waals surface area contributed by atoms with Crippen molar-refractivity contribution >= 4 is 23.6 Å². The van der Waals surface area contributed by atoms with Gasteiger partial charge in [-0.3, -0.25) is 4.79 Å². The lowest BCUT2D eigenvalue weighted by Gasteiger charge is -2.26. The normalized spacial score (nSPS) is 16.4. The molecule has 1 unspecified atom stereocenters. The van der Waals surface area contributed by atoms with Crippen molar-refractivity contribution in [3.63, 3.8) is 0 Å². The van der Waals surface area contributed by atoms with Crippen molar-refractivity contribution in [2.75, 3.05) is 23.8 Å². The SMILES string of the molecule is CC(C)C#Cc1cc(C=N)c(NC2CCCCO2)cc1NCCC(=O)OC(C)(C)C. The topological polar surface area (TPSA) is 83.4 Å². The number of nitrogens with one attached hydrogen (secondary N) is 3. The number of hydrogen-bond donors (Lipinski definition) is 3. The number of benzene rings is 1. The Bertz CT molecular complexity index is 794. The summed E-state index contributed by atoms with van der Waals surface area (Å²) in [5, 5.41) is 14.6. The van der Waals surface area contributed by atoms with E-state index in [-0.39, 0.29) is 24.5 Å². The number of anilines is 2. The molecule has 2 rings (SSSR count). The Morgan fingerprint density at radius 1 is 1.33 bits per heavy atom. The summed E-state index contributed by atoms with van der Waals surface area (Å²) in [5.74, 6) is 6.38. The van der Waals surface area contributed by atoms with Gasteiger partial charge in [-0.15, -0.1) is 0 Å². The molecule has 1 aliphatic rings. The fourth-order valence-corrected chi connectivity index (χ4v) is 3.05. The number of ether oxygens (including phenoxy) is 2. The third-order valence-electron chi connectivity index (χ3n) is 4.40. The lowest BCUT2D eigenvalue weighted by atomic mass is 10.0. The van der Waals surface area contributed by atoms with Crippen LogP contribution in [0, 0.1) is 23.2 Å². The second-order valence-electron chi connectivity index (χ2n) is 8.82. The zero-order valence-corrected chi connectivity index (χ0v) is 18.9. The summed E-state index contributed by atoms with van der Waals surface area (Å²) in [6.45, 7) is 10.8. The molecular formula is C24H35N3O3. The van der Waals surface area contributed by atoms with Crippen LogP contribution in [0.1, 0.15) is 71.4 Å². The number of rotatable bonds is 7. The second kappa shape index (κ2) is 11.0. The molecule has 30 heavy (non-hydrogen) atoms. The smallest absolute Gasteiger partial charge is 0.308 e.